The first-order valence-electron chi connectivity index (χ1n) is 4.88. The van der Waals surface area contributed by atoms with E-state index in [1.807, 2.05) is 24.3 Å². The number of rotatable bonds is 5. The fourth-order valence-corrected chi connectivity index (χ4v) is 2.41. The topological polar surface area (TPSA) is 29.5 Å². The van der Waals surface area contributed by atoms with E-state index in [0.717, 1.165) is 11.1 Å². The standard InChI is InChI=1S/C11H13BrO2S/c12-9-3-1-8(2-4-9)6-14-7-11-10(5-13)15-11/h1-4,10-11,13H,5-7H2/t10-,11+/m0/s1. The van der Waals surface area contributed by atoms with E-state index in [0.29, 0.717) is 17.1 Å². The van der Waals surface area contributed by atoms with Gasteiger partial charge in [-0.15, -0.1) is 11.8 Å². The van der Waals surface area contributed by atoms with Crippen LogP contribution in [0.3, 0.4) is 0 Å². The average molecular weight is 289 g/mol. The Bertz CT molecular complexity index is 315. The van der Waals surface area contributed by atoms with Gasteiger partial charge in [-0.2, -0.15) is 0 Å². The minimum absolute atomic E-state index is 0.275. The lowest BCUT2D eigenvalue weighted by Gasteiger charge is -2.03. The van der Waals surface area contributed by atoms with Crippen molar-refractivity contribution >= 4 is 27.7 Å². The fourth-order valence-electron chi connectivity index (χ4n) is 1.36. The number of hydrogen-bond acceptors (Lipinski definition) is 3. The summed E-state index contributed by atoms with van der Waals surface area (Å²) < 4.78 is 6.66. The average Bonchev–Trinajstić information content (AvgIpc) is 3.00. The molecule has 1 aliphatic heterocycles. The van der Waals surface area contributed by atoms with E-state index in [-0.39, 0.29) is 6.61 Å². The normalized spacial score (nSPS) is 24.1. The lowest BCUT2D eigenvalue weighted by atomic mass is 10.2. The molecule has 82 valence electrons. The molecule has 0 aromatic heterocycles. The van der Waals surface area contributed by atoms with Crippen LogP contribution in [0.4, 0.5) is 0 Å². The largest absolute Gasteiger partial charge is 0.395 e. The quantitative estimate of drug-likeness (QED) is 0.844. The molecule has 0 spiro atoms. The van der Waals surface area contributed by atoms with Crippen molar-refractivity contribution in [1.29, 1.82) is 0 Å². The summed E-state index contributed by atoms with van der Waals surface area (Å²) >= 11 is 5.18. The zero-order chi connectivity index (χ0) is 10.7. The van der Waals surface area contributed by atoms with Gasteiger partial charge in [0.1, 0.15) is 0 Å². The maximum absolute atomic E-state index is 8.84. The van der Waals surface area contributed by atoms with Gasteiger partial charge in [-0.05, 0) is 17.7 Å². The minimum atomic E-state index is 0.275. The van der Waals surface area contributed by atoms with E-state index in [4.69, 9.17) is 9.84 Å². The molecule has 1 saturated heterocycles. The molecule has 0 unspecified atom stereocenters. The van der Waals surface area contributed by atoms with Crippen molar-refractivity contribution in [3.05, 3.63) is 34.3 Å². The maximum Gasteiger partial charge on any atom is 0.0717 e. The summed E-state index contributed by atoms with van der Waals surface area (Å²) in [5, 5.41) is 9.76. The molecule has 4 heteroatoms. The van der Waals surface area contributed by atoms with E-state index in [2.05, 4.69) is 15.9 Å². The van der Waals surface area contributed by atoms with Gasteiger partial charge in [0.05, 0.1) is 19.8 Å². The Labute approximate surface area is 102 Å². The summed E-state index contributed by atoms with van der Waals surface area (Å²) in [6, 6.07) is 8.13. The summed E-state index contributed by atoms with van der Waals surface area (Å²) in [6.45, 7) is 1.67. The van der Waals surface area contributed by atoms with E-state index < -0.39 is 0 Å². The highest BCUT2D eigenvalue weighted by molar-refractivity contribution is 9.10. The Balaban J connectivity index is 1.68. The van der Waals surface area contributed by atoms with Gasteiger partial charge in [0.15, 0.2) is 0 Å². The van der Waals surface area contributed by atoms with Crippen molar-refractivity contribution in [1.82, 2.24) is 0 Å². The fraction of sp³-hybridized carbons (Fsp3) is 0.455. The van der Waals surface area contributed by atoms with Gasteiger partial charge in [-0.25, -0.2) is 0 Å². The van der Waals surface area contributed by atoms with Crippen LogP contribution in [0.15, 0.2) is 28.7 Å². The van der Waals surface area contributed by atoms with Crippen LogP contribution in [0.25, 0.3) is 0 Å². The zero-order valence-corrected chi connectivity index (χ0v) is 10.6. The molecule has 2 nitrogen and oxygen atoms in total. The van der Waals surface area contributed by atoms with Gasteiger partial charge in [-0.3, -0.25) is 0 Å². The molecule has 0 saturated carbocycles. The molecule has 15 heavy (non-hydrogen) atoms. The summed E-state index contributed by atoms with van der Waals surface area (Å²) in [7, 11) is 0. The third-order valence-electron chi connectivity index (χ3n) is 2.33. The summed E-state index contributed by atoms with van der Waals surface area (Å²) in [5.41, 5.74) is 1.18. The first-order valence-corrected chi connectivity index (χ1v) is 6.61. The Kier molecular flexibility index (Phi) is 4.08. The summed E-state index contributed by atoms with van der Waals surface area (Å²) in [6.07, 6.45) is 0. The maximum atomic E-state index is 8.84. The molecule has 0 bridgehead atoms. The number of halogens is 1. The molecule has 1 aromatic rings. The molecule has 1 heterocycles. The first kappa shape index (κ1) is 11.5. The molecule has 2 atom stereocenters. The second-order valence-corrected chi connectivity index (χ2v) is 5.94. The van der Waals surface area contributed by atoms with Crippen LogP contribution in [0, 0.1) is 0 Å². The van der Waals surface area contributed by atoms with Crippen molar-refractivity contribution in [2.75, 3.05) is 13.2 Å². The number of aliphatic hydroxyl groups is 1. The second-order valence-electron chi connectivity index (χ2n) is 3.54. The molecular formula is C11H13BrO2S. The molecule has 2 rings (SSSR count). The Hall–Kier alpha value is -0.0300. The molecule has 0 radical (unpaired) electrons. The van der Waals surface area contributed by atoms with Crippen LogP contribution in [-0.2, 0) is 11.3 Å². The summed E-state index contributed by atoms with van der Waals surface area (Å²) in [4.78, 5) is 0. The highest BCUT2D eigenvalue weighted by atomic mass is 79.9. The Morgan fingerprint density at radius 1 is 1.27 bits per heavy atom. The van der Waals surface area contributed by atoms with Crippen molar-refractivity contribution in [3.63, 3.8) is 0 Å². The number of ether oxygens (including phenoxy) is 1. The van der Waals surface area contributed by atoms with Crippen LogP contribution in [-0.4, -0.2) is 28.8 Å². The van der Waals surface area contributed by atoms with Crippen LogP contribution in [0.2, 0.25) is 0 Å². The number of aliphatic hydroxyl groups excluding tert-OH is 1. The highest BCUT2D eigenvalue weighted by Crippen LogP contribution is 2.40. The SMILES string of the molecule is OC[C@@H]1S[C@@H]1COCc1ccc(Br)cc1. The number of hydrogen-bond donors (Lipinski definition) is 1. The van der Waals surface area contributed by atoms with Gasteiger partial charge in [0.2, 0.25) is 0 Å². The Morgan fingerprint density at radius 3 is 2.60 bits per heavy atom. The van der Waals surface area contributed by atoms with E-state index in [9.17, 15) is 0 Å². The van der Waals surface area contributed by atoms with Crippen LogP contribution < -0.4 is 0 Å². The second kappa shape index (κ2) is 5.34. The molecule has 0 amide bonds. The van der Waals surface area contributed by atoms with E-state index in [1.165, 1.54) is 5.56 Å². The lowest BCUT2D eigenvalue weighted by Crippen LogP contribution is -2.07. The third-order valence-corrected chi connectivity index (χ3v) is 4.19. The van der Waals surface area contributed by atoms with Gasteiger partial charge in [0, 0.05) is 15.0 Å². The highest BCUT2D eigenvalue weighted by Gasteiger charge is 2.37. The van der Waals surface area contributed by atoms with Gasteiger partial charge in [-0.1, -0.05) is 28.1 Å². The van der Waals surface area contributed by atoms with E-state index in [1.54, 1.807) is 11.8 Å². The van der Waals surface area contributed by atoms with Gasteiger partial charge in [0.25, 0.3) is 0 Å². The van der Waals surface area contributed by atoms with Crippen molar-refractivity contribution in [2.45, 2.75) is 17.1 Å². The van der Waals surface area contributed by atoms with E-state index >= 15 is 0 Å². The molecular weight excluding hydrogens is 276 g/mol. The van der Waals surface area contributed by atoms with Crippen LogP contribution >= 0.6 is 27.7 Å². The van der Waals surface area contributed by atoms with Crippen molar-refractivity contribution in [3.8, 4) is 0 Å². The van der Waals surface area contributed by atoms with Crippen LogP contribution in [0.5, 0.6) is 0 Å². The molecule has 1 N–H and O–H groups in total. The summed E-state index contributed by atoms with van der Waals surface area (Å²) in [5.74, 6) is 0. The lowest BCUT2D eigenvalue weighted by molar-refractivity contribution is 0.123. The predicted octanol–water partition coefficient (Wildman–Crippen LogP) is 2.44. The zero-order valence-electron chi connectivity index (χ0n) is 8.23. The first-order chi connectivity index (χ1) is 7.29. The number of thioether (sulfide) groups is 1. The predicted molar refractivity (Wildman–Crippen MR) is 66.1 cm³/mol. The van der Waals surface area contributed by atoms with Crippen LogP contribution in [0.1, 0.15) is 5.56 Å². The monoisotopic (exact) mass is 288 g/mol. The molecule has 1 aliphatic rings. The van der Waals surface area contributed by atoms with Crippen molar-refractivity contribution in [2.24, 2.45) is 0 Å². The third kappa shape index (κ3) is 3.48. The minimum Gasteiger partial charge on any atom is -0.395 e. The molecule has 1 fully saturated rings. The van der Waals surface area contributed by atoms with Crippen molar-refractivity contribution < 1.29 is 9.84 Å². The molecule has 1 aromatic carbocycles. The Morgan fingerprint density at radius 2 is 2.00 bits per heavy atom. The molecule has 0 aliphatic carbocycles. The smallest absolute Gasteiger partial charge is 0.0717 e. The van der Waals surface area contributed by atoms with Gasteiger partial charge >= 0.3 is 0 Å². The van der Waals surface area contributed by atoms with Gasteiger partial charge < -0.3 is 9.84 Å². The number of benzene rings is 1.